The molecule has 2 saturated heterocycles. The average Bonchev–Trinajstić information content (AvgIpc) is 2.71. The summed E-state index contributed by atoms with van der Waals surface area (Å²) < 4.78 is 32.5. The number of sulfonamides is 1. The van der Waals surface area contributed by atoms with Crippen LogP contribution in [0.3, 0.4) is 0 Å². The Morgan fingerprint density at radius 2 is 1.90 bits per heavy atom. The van der Waals surface area contributed by atoms with Crippen LogP contribution in [0.1, 0.15) is 24.8 Å². The molecular weight excluding hydrogens is 414 g/mol. The fourth-order valence-electron chi connectivity index (χ4n) is 3.80. The molecule has 2 fully saturated rings. The van der Waals surface area contributed by atoms with Crippen LogP contribution in [0.2, 0.25) is 5.02 Å². The highest BCUT2D eigenvalue weighted by Crippen LogP contribution is 2.29. The van der Waals surface area contributed by atoms with Crippen molar-refractivity contribution in [2.75, 3.05) is 52.5 Å². The van der Waals surface area contributed by atoms with Gasteiger partial charge >= 0.3 is 0 Å². The minimum atomic E-state index is -3.64. The summed E-state index contributed by atoms with van der Waals surface area (Å²) in [5, 5.41) is 3.25. The van der Waals surface area contributed by atoms with E-state index in [2.05, 4.69) is 10.2 Å². The Morgan fingerprint density at radius 3 is 2.55 bits per heavy atom. The van der Waals surface area contributed by atoms with E-state index in [4.69, 9.17) is 16.3 Å². The molecule has 0 unspecified atom stereocenters. The first-order chi connectivity index (χ1) is 13.9. The number of amides is 1. The second kappa shape index (κ2) is 10.2. The third kappa shape index (κ3) is 5.92. The molecule has 0 radical (unpaired) electrons. The van der Waals surface area contributed by atoms with Crippen LogP contribution in [-0.4, -0.2) is 76.0 Å². The highest BCUT2D eigenvalue weighted by Gasteiger charge is 2.33. The van der Waals surface area contributed by atoms with Gasteiger partial charge in [-0.15, -0.1) is 0 Å². The van der Waals surface area contributed by atoms with Crippen molar-refractivity contribution in [3.05, 3.63) is 28.8 Å². The van der Waals surface area contributed by atoms with Crippen LogP contribution in [0, 0.1) is 12.8 Å². The monoisotopic (exact) mass is 443 g/mol. The summed E-state index contributed by atoms with van der Waals surface area (Å²) in [6.45, 7) is 7.59. The number of halogens is 1. The predicted molar refractivity (Wildman–Crippen MR) is 113 cm³/mol. The first-order valence-electron chi connectivity index (χ1n) is 10.2. The third-order valence-corrected chi connectivity index (χ3v) is 7.97. The second-order valence-electron chi connectivity index (χ2n) is 7.71. The quantitative estimate of drug-likeness (QED) is 0.651. The zero-order chi connectivity index (χ0) is 20.9. The number of ether oxygens (including phenoxy) is 1. The van der Waals surface area contributed by atoms with Crippen LogP contribution < -0.4 is 5.32 Å². The lowest BCUT2D eigenvalue weighted by Gasteiger charge is -2.31. The predicted octanol–water partition coefficient (Wildman–Crippen LogP) is 1.89. The average molecular weight is 444 g/mol. The van der Waals surface area contributed by atoms with E-state index in [1.54, 1.807) is 18.2 Å². The summed E-state index contributed by atoms with van der Waals surface area (Å²) in [4.78, 5) is 14.9. The fourth-order valence-corrected chi connectivity index (χ4v) is 5.84. The molecule has 162 valence electrons. The van der Waals surface area contributed by atoms with E-state index in [0.717, 1.165) is 44.8 Å². The number of rotatable bonds is 7. The maximum absolute atomic E-state index is 12.9. The lowest BCUT2D eigenvalue weighted by atomic mass is 9.97. The SMILES string of the molecule is Cc1ccc(S(=O)(=O)N2CCC(C(=O)NCCCN3CCOCC3)CC2)c(Cl)c1. The minimum Gasteiger partial charge on any atom is -0.379 e. The van der Waals surface area contributed by atoms with Crippen molar-refractivity contribution in [3.8, 4) is 0 Å². The van der Waals surface area contributed by atoms with E-state index >= 15 is 0 Å². The van der Waals surface area contributed by atoms with Crippen molar-refractivity contribution in [2.45, 2.75) is 31.1 Å². The molecule has 0 aromatic heterocycles. The van der Waals surface area contributed by atoms with Gasteiger partial charge in [-0.2, -0.15) is 4.31 Å². The summed E-state index contributed by atoms with van der Waals surface area (Å²) in [6.07, 6.45) is 1.96. The maximum Gasteiger partial charge on any atom is 0.244 e. The van der Waals surface area contributed by atoms with Crippen LogP contribution in [0.25, 0.3) is 0 Å². The van der Waals surface area contributed by atoms with Gasteiger partial charge in [0.1, 0.15) is 4.90 Å². The molecule has 1 amide bonds. The Bertz CT molecular complexity index is 804. The fraction of sp³-hybridized carbons (Fsp3) is 0.650. The zero-order valence-corrected chi connectivity index (χ0v) is 18.5. The molecule has 29 heavy (non-hydrogen) atoms. The van der Waals surface area contributed by atoms with Gasteiger partial charge in [0.2, 0.25) is 15.9 Å². The van der Waals surface area contributed by atoms with Crippen molar-refractivity contribution < 1.29 is 17.9 Å². The first-order valence-corrected chi connectivity index (χ1v) is 12.0. The highest BCUT2D eigenvalue weighted by molar-refractivity contribution is 7.89. The van der Waals surface area contributed by atoms with Gasteiger partial charge in [-0.3, -0.25) is 9.69 Å². The van der Waals surface area contributed by atoms with E-state index in [-0.39, 0.29) is 21.7 Å². The number of carbonyl (C=O) groups is 1. The summed E-state index contributed by atoms with van der Waals surface area (Å²) in [5.41, 5.74) is 0.915. The van der Waals surface area contributed by atoms with Gasteiger partial charge in [0, 0.05) is 38.6 Å². The molecule has 0 atom stereocenters. The Balaban J connectivity index is 1.43. The van der Waals surface area contributed by atoms with E-state index in [1.807, 2.05) is 6.92 Å². The standard InChI is InChI=1S/C20H30ClN3O4S/c1-16-3-4-19(18(21)15-16)29(26,27)24-9-5-17(6-10-24)20(25)22-7-2-8-23-11-13-28-14-12-23/h3-4,15,17H,2,5-14H2,1H3,(H,22,25). The lowest BCUT2D eigenvalue weighted by molar-refractivity contribution is -0.126. The van der Waals surface area contributed by atoms with Crippen LogP contribution in [0.4, 0.5) is 0 Å². The van der Waals surface area contributed by atoms with Crippen LogP contribution in [0.5, 0.6) is 0 Å². The largest absolute Gasteiger partial charge is 0.379 e. The van der Waals surface area contributed by atoms with Gasteiger partial charge in [-0.25, -0.2) is 8.42 Å². The Kier molecular flexibility index (Phi) is 7.92. The maximum atomic E-state index is 12.9. The number of nitrogens with one attached hydrogen (secondary N) is 1. The number of nitrogens with zero attached hydrogens (tertiary/aromatic N) is 2. The summed E-state index contributed by atoms with van der Waals surface area (Å²) in [7, 11) is -3.64. The molecule has 0 saturated carbocycles. The van der Waals surface area contributed by atoms with E-state index < -0.39 is 10.0 Å². The van der Waals surface area contributed by atoms with Crippen molar-refractivity contribution in [1.82, 2.24) is 14.5 Å². The molecule has 2 aliphatic heterocycles. The van der Waals surface area contributed by atoms with Crippen molar-refractivity contribution in [2.24, 2.45) is 5.92 Å². The van der Waals surface area contributed by atoms with Gasteiger partial charge in [-0.1, -0.05) is 17.7 Å². The molecule has 0 aliphatic carbocycles. The summed E-state index contributed by atoms with van der Waals surface area (Å²) >= 11 is 6.16. The van der Waals surface area contributed by atoms with Gasteiger partial charge < -0.3 is 10.1 Å². The highest BCUT2D eigenvalue weighted by atomic mass is 35.5. The summed E-state index contributed by atoms with van der Waals surface area (Å²) in [5.74, 6) is -0.115. The van der Waals surface area contributed by atoms with E-state index in [1.165, 1.54) is 4.31 Å². The van der Waals surface area contributed by atoms with Gasteiger partial charge in [0.25, 0.3) is 0 Å². The number of aryl methyl sites for hydroxylation is 1. The Labute approximate surface area is 178 Å². The first kappa shape index (κ1) is 22.5. The van der Waals surface area contributed by atoms with Crippen LogP contribution in [-0.2, 0) is 19.6 Å². The molecule has 0 spiro atoms. The molecule has 1 aromatic carbocycles. The summed E-state index contributed by atoms with van der Waals surface area (Å²) in [6, 6.07) is 4.96. The number of hydrogen-bond acceptors (Lipinski definition) is 5. The molecule has 0 bridgehead atoms. The van der Waals surface area contributed by atoms with Crippen molar-refractivity contribution in [3.63, 3.8) is 0 Å². The molecule has 9 heteroatoms. The van der Waals surface area contributed by atoms with E-state index in [9.17, 15) is 13.2 Å². The Hall–Kier alpha value is -1.19. The zero-order valence-electron chi connectivity index (χ0n) is 16.9. The molecule has 3 rings (SSSR count). The Morgan fingerprint density at radius 1 is 1.21 bits per heavy atom. The second-order valence-corrected chi connectivity index (χ2v) is 10.0. The molecule has 1 N–H and O–H groups in total. The molecular formula is C20H30ClN3O4S. The van der Waals surface area contributed by atoms with Gasteiger partial charge in [0.05, 0.1) is 18.2 Å². The minimum absolute atomic E-state index is 0.0254. The number of hydrogen-bond donors (Lipinski definition) is 1. The number of carbonyl (C=O) groups excluding carboxylic acids is 1. The topological polar surface area (TPSA) is 79.0 Å². The number of piperidine rings is 1. The number of benzene rings is 1. The molecule has 7 nitrogen and oxygen atoms in total. The van der Waals surface area contributed by atoms with Gasteiger partial charge in [0.15, 0.2) is 0 Å². The van der Waals surface area contributed by atoms with Crippen LogP contribution >= 0.6 is 11.6 Å². The molecule has 1 aromatic rings. The number of morpholine rings is 1. The van der Waals surface area contributed by atoms with Gasteiger partial charge in [-0.05, 0) is 50.4 Å². The van der Waals surface area contributed by atoms with E-state index in [0.29, 0.717) is 32.5 Å². The lowest BCUT2D eigenvalue weighted by Crippen LogP contribution is -2.43. The molecule has 2 aliphatic rings. The smallest absolute Gasteiger partial charge is 0.244 e. The third-order valence-electron chi connectivity index (χ3n) is 5.58. The van der Waals surface area contributed by atoms with Crippen LogP contribution in [0.15, 0.2) is 23.1 Å². The normalized spacial score (nSPS) is 19.9. The van der Waals surface area contributed by atoms with Crippen molar-refractivity contribution in [1.29, 1.82) is 0 Å². The molecule has 2 heterocycles. The van der Waals surface area contributed by atoms with Crippen molar-refractivity contribution >= 4 is 27.5 Å².